The molecule has 1 aliphatic rings. The summed E-state index contributed by atoms with van der Waals surface area (Å²) in [5.74, 6) is 0.307. The molecule has 118 valence electrons. The topological polar surface area (TPSA) is 32.3 Å². The Morgan fingerprint density at radius 2 is 1.45 bits per heavy atom. The van der Waals surface area contributed by atoms with Gasteiger partial charge in [-0.2, -0.15) is 0 Å². The zero-order valence-electron chi connectivity index (χ0n) is 12.7. The average Bonchev–Trinajstić information content (AvgIpc) is 2.57. The van der Waals surface area contributed by atoms with E-state index < -0.39 is 5.60 Å². The molecule has 0 saturated carbocycles. The lowest BCUT2D eigenvalue weighted by molar-refractivity contribution is -0.0359. The van der Waals surface area contributed by atoms with E-state index in [0.29, 0.717) is 12.3 Å². The van der Waals surface area contributed by atoms with E-state index in [0.717, 1.165) is 31.5 Å². The second-order valence-corrected chi connectivity index (χ2v) is 5.98. The molecule has 0 aromatic heterocycles. The third kappa shape index (κ3) is 3.70. The Labute approximate surface area is 139 Å². The molecular weight excluding hydrogens is 294 g/mol. The van der Waals surface area contributed by atoms with Crippen LogP contribution in [0, 0.1) is 5.92 Å². The Bertz CT molecular complexity index is 554. The first-order chi connectivity index (χ1) is 10.3. The number of hydrogen-bond donors (Lipinski definition) is 2. The Morgan fingerprint density at radius 1 is 0.909 bits per heavy atom. The molecule has 1 fully saturated rings. The number of rotatable bonds is 4. The maximum Gasteiger partial charge on any atom is 0.0965 e. The number of piperidine rings is 1. The number of hydrogen-bond acceptors (Lipinski definition) is 2. The van der Waals surface area contributed by atoms with Crippen LogP contribution in [0.5, 0.6) is 0 Å². The number of benzene rings is 2. The van der Waals surface area contributed by atoms with Crippen molar-refractivity contribution in [3.63, 3.8) is 0 Å². The van der Waals surface area contributed by atoms with E-state index in [1.807, 2.05) is 36.4 Å². The van der Waals surface area contributed by atoms with Gasteiger partial charge in [0.05, 0.1) is 5.60 Å². The van der Waals surface area contributed by atoms with Gasteiger partial charge in [-0.3, -0.25) is 0 Å². The molecule has 2 aromatic rings. The lowest BCUT2D eigenvalue weighted by Gasteiger charge is -2.39. The van der Waals surface area contributed by atoms with Crippen molar-refractivity contribution in [2.24, 2.45) is 5.92 Å². The van der Waals surface area contributed by atoms with Crippen molar-refractivity contribution < 1.29 is 5.11 Å². The molecule has 2 nitrogen and oxygen atoms in total. The summed E-state index contributed by atoms with van der Waals surface area (Å²) in [6, 6.07) is 20.5. The second-order valence-electron chi connectivity index (χ2n) is 5.98. The highest BCUT2D eigenvalue weighted by Crippen LogP contribution is 2.38. The van der Waals surface area contributed by atoms with E-state index in [1.54, 1.807) is 0 Å². The van der Waals surface area contributed by atoms with Gasteiger partial charge in [0.25, 0.3) is 0 Å². The second kappa shape index (κ2) is 7.77. The molecule has 3 heteroatoms. The van der Waals surface area contributed by atoms with Crippen LogP contribution in [0.25, 0.3) is 0 Å². The summed E-state index contributed by atoms with van der Waals surface area (Å²) < 4.78 is 0. The summed E-state index contributed by atoms with van der Waals surface area (Å²) in [5, 5.41) is 14.9. The van der Waals surface area contributed by atoms with Gasteiger partial charge in [0, 0.05) is 6.42 Å². The fraction of sp³-hybridized carbons (Fsp3) is 0.368. The molecule has 3 rings (SSSR count). The molecule has 0 bridgehead atoms. The average molecular weight is 318 g/mol. The van der Waals surface area contributed by atoms with Crippen LogP contribution in [-0.2, 0) is 12.0 Å². The standard InChI is InChI=1S/C19H23NO.ClH/c21-19(17-9-5-2-6-10-17,18-11-13-20-14-12-18)15-16-7-3-1-4-8-16;/h1-10,18,20-21H,11-15H2;1H. The summed E-state index contributed by atoms with van der Waals surface area (Å²) in [4.78, 5) is 0. The summed E-state index contributed by atoms with van der Waals surface area (Å²) in [5.41, 5.74) is 1.47. The van der Waals surface area contributed by atoms with E-state index in [-0.39, 0.29) is 12.4 Å². The number of halogens is 1. The Morgan fingerprint density at radius 3 is 2.05 bits per heavy atom. The normalized spacial score (nSPS) is 18.2. The summed E-state index contributed by atoms with van der Waals surface area (Å²) in [7, 11) is 0. The van der Waals surface area contributed by atoms with Crippen LogP contribution in [0.1, 0.15) is 24.0 Å². The monoisotopic (exact) mass is 317 g/mol. The molecule has 0 spiro atoms. The quantitative estimate of drug-likeness (QED) is 0.904. The minimum absolute atomic E-state index is 0. The fourth-order valence-electron chi connectivity index (χ4n) is 3.42. The number of aliphatic hydroxyl groups is 1. The van der Waals surface area contributed by atoms with Crippen LogP contribution in [-0.4, -0.2) is 18.2 Å². The van der Waals surface area contributed by atoms with Crippen LogP contribution < -0.4 is 5.32 Å². The summed E-state index contributed by atoms with van der Waals surface area (Å²) in [6.45, 7) is 1.99. The van der Waals surface area contributed by atoms with Crippen molar-refractivity contribution in [3.05, 3.63) is 71.8 Å². The van der Waals surface area contributed by atoms with Crippen molar-refractivity contribution >= 4 is 12.4 Å². The van der Waals surface area contributed by atoms with Crippen molar-refractivity contribution in [2.75, 3.05) is 13.1 Å². The largest absolute Gasteiger partial charge is 0.385 e. The lowest BCUT2D eigenvalue weighted by atomic mass is 9.73. The van der Waals surface area contributed by atoms with Crippen LogP contribution in [0.3, 0.4) is 0 Å². The lowest BCUT2D eigenvalue weighted by Crippen LogP contribution is -2.43. The van der Waals surface area contributed by atoms with Gasteiger partial charge in [-0.05, 0) is 43.0 Å². The van der Waals surface area contributed by atoms with Crippen molar-refractivity contribution in [1.82, 2.24) is 5.32 Å². The van der Waals surface area contributed by atoms with Gasteiger partial charge in [-0.25, -0.2) is 0 Å². The van der Waals surface area contributed by atoms with E-state index in [1.165, 1.54) is 5.56 Å². The molecule has 22 heavy (non-hydrogen) atoms. The molecule has 0 radical (unpaired) electrons. The predicted molar refractivity (Wildman–Crippen MR) is 93.3 cm³/mol. The van der Waals surface area contributed by atoms with Crippen LogP contribution in [0.15, 0.2) is 60.7 Å². The van der Waals surface area contributed by atoms with Crippen LogP contribution in [0.4, 0.5) is 0 Å². The summed E-state index contributed by atoms with van der Waals surface area (Å²) in [6.07, 6.45) is 2.74. The molecular formula is C19H24ClNO. The summed E-state index contributed by atoms with van der Waals surface area (Å²) >= 11 is 0. The van der Waals surface area contributed by atoms with Crippen molar-refractivity contribution in [2.45, 2.75) is 24.9 Å². The zero-order chi connectivity index (χ0) is 14.5. The molecule has 0 amide bonds. The first kappa shape index (κ1) is 17.0. The van der Waals surface area contributed by atoms with E-state index in [9.17, 15) is 5.11 Å². The third-order valence-corrected chi connectivity index (χ3v) is 4.60. The van der Waals surface area contributed by atoms with Gasteiger partial charge in [0.15, 0.2) is 0 Å². The first-order valence-corrected chi connectivity index (χ1v) is 7.81. The van der Waals surface area contributed by atoms with Gasteiger partial charge in [0.2, 0.25) is 0 Å². The zero-order valence-corrected chi connectivity index (χ0v) is 13.6. The van der Waals surface area contributed by atoms with Crippen LogP contribution in [0.2, 0.25) is 0 Å². The van der Waals surface area contributed by atoms with E-state index in [2.05, 4.69) is 29.6 Å². The van der Waals surface area contributed by atoms with Crippen molar-refractivity contribution in [1.29, 1.82) is 0 Å². The molecule has 2 N–H and O–H groups in total. The maximum atomic E-state index is 11.5. The molecule has 1 unspecified atom stereocenters. The van der Waals surface area contributed by atoms with Crippen LogP contribution >= 0.6 is 12.4 Å². The SMILES string of the molecule is Cl.OC(Cc1ccccc1)(c1ccccc1)C1CCNCC1. The van der Waals surface area contributed by atoms with Gasteiger partial charge in [-0.15, -0.1) is 12.4 Å². The smallest absolute Gasteiger partial charge is 0.0965 e. The van der Waals surface area contributed by atoms with E-state index in [4.69, 9.17) is 0 Å². The van der Waals surface area contributed by atoms with Gasteiger partial charge < -0.3 is 10.4 Å². The Balaban J connectivity index is 0.00000176. The predicted octanol–water partition coefficient (Wildman–Crippen LogP) is 3.54. The first-order valence-electron chi connectivity index (χ1n) is 7.81. The highest BCUT2D eigenvalue weighted by molar-refractivity contribution is 5.85. The molecule has 1 aliphatic heterocycles. The van der Waals surface area contributed by atoms with Gasteiger partial charge in [-0.1, -0.05) is 60.7 Å². The van der Waals surface area contributed by atoms with Gasteiger partial charge in [0.1, 0.15) is 0 Å². The molecule has 1 saturated heterocycles. The molecule has 0 aliphatic carbocycles. The highest BCUT2D eigenvalue weighted by Gasteiger charge is 2.38. The van der Waals surface area contributed by atoms with Gasteiger partial charge >= 0.3 is 0 Å². The molecule has 1 heterocycles. The highest BCUT2D eigenvalue weighted by atomic mass is 35.5. The fourth-order valence-corrected chi connectivity index (χ4v) is 3.42. The van der Waals surface area contributed by atoms with E-state index >= 15 is 0 Å². The molecule has 2 aromatic carbocycles. The minimum Gasteiger partial charge on any atom is -0.385 e. The maximum absolute atomic E-state index is 11.5. The van der Waals surface area contributed by atoms with Crippen molar-refractivity contribution in [3.8, 4) is 0 Å². The molecule has 1 atom stereocenters. The Hall–Kier alpha value is -1.35. The minimum atomic E-state index is -0.773. The number of nitrogens with one attached hydrogen (secondary N) is 1. The third-order valence-electron chi connectivity index (χ3n) is 4.60. The Kier molecular flexibility index (Phi) is 6.01.